The number of carbonyl (C=O) groups excluding carboxylic acids is 1. The lowest BCUT2D eigenvalue weighted by Gasteiger charge is -2.33. The second-order valence-electron chi connectivity index (χ2n) is 6.52. The third-order valence-corrected chi connectivity index (χ3v) is 6.23. The van der Waals surface area contributed by atoms with Crippen LogP contribution >= 0.6 is 23.4 Å². The third kappa shape index (κ3) is 3.62. The zero-order valence-corrected chi connectivity index (χ0v) is 16.6. The van der Waals surface area contributed by atoms with Crippen molar-refractivity contribution in [2.24, 2.45) is 10.9 Å². The molecular weight excluding hydrogens is 380 g/mol. The van der Waals surface area contributed by atoms with Crippen LogP contribution in [-0.4, -0.2) is 23.8 Å². The molecule has 0 bridgehead atoms. The van der Waals surface area contributed by atoms with Crippen LogP contribution in [0.15, 0.2) is 53.5 Å². The number of hydrogen-bond acceptors (Lipinski definition) is 5. The summed E-state index contributed by atoms with van der Waals surface area (Å²) in [7, 11) is 0. The van der Waals surface area contributed by atoms with E-state index in [-0.39, 0.29) is 18.0 Å². The van der Waals surface area contributed by atoms with Crippen LogP contribution in [0.2, 0.25) is 5.02 Å². The number of rotatable bonds is 4. The van der Waals surface area contributed by atoms with E-state index in [1.807, 2.05) is 42.5 Å². The first-order chi connectivity index (χ1) is 13.2. The van der Waals surface area contributed by atoms with Gasteiger partial charge in [0, 0.05) is 17.3 Å². The number of nitrogens with zero attached hydrogens (tertiary/aromatic N) is 2. The Balaban J connectivity index is 1.69. The van der Waals surface area contributed by atoms with Crippen molar-refractivity contribution in [3.05, 3.63) is 64.7 Å². The quantitative estimate of drug-likeness (QED) is 0.823. The summed E-state index contributed by atoms with van der Waals surface area (Å²) in [6.45, 7) is 2.68. The Morgan fingerprint density at radius 3 is 2.70 bits per heavy atom. The van der Waals surface area contributed by atoms with Crippen LogP contribution in [0.3, 0.4) is 0 Å². The highest BCUT2D eigenvalue weighted by molar-refractivity contribution is 8.13. The Morgan fingerprint density at radius 1 is 1.19 bits per heavy atom. The van der Waals surface area contributed by atoms with Crippen molar-refractivity contribution in [1.29, 1.82) is 0 Å². The number of carbonyl (C=O) groups is 1. The average molecular weight is 401 g/mol. The van der Waals surface area contributed by atoms with Crippen LogP contribution in [-0.2, 0) is 17.0 Å². The number of fused-ring (bicyclic) bond motifs is 1. The van der Waals surface area contributed by atoms with E-state index < -0.39 is 0 Å². The van der Waals surface area contributed by atoms with E-state index in [2.05, 4.69) is 23.8 Å². The number of amidine groups is 1. The number of benzene rings is 2. The molecule has 2 atom stereocenters. The van der Waals surface area contributed by atoms with Crippen LogP contribution < -0.4 is 15.8 Å². The summed E-state index contributed by atoms with van der Waals surface area (Å²) >= 11 is 7.85. The molecule has 0 aromatic heterocycles. The lowest BCUT2D eigenvalue weighted by atomic mass is 10.0. The highest BCUT2D eigenvalue weighted by atomic mass is 35.5. The van der Waals surface area contributed by atoms with Crippen LogP contribution in [0.1, 0.15) is 18.1 Å². The largest absolute Gasteiger partial charge is 0.274 e. The zero-order chi connectivity index (χ0) is 18.8. The maximum Gasteiger partial charge on any atom is 0.241 e. The number of para-hydroxylation sites is 1. The molecule has 2 aliphatic heterocycles. The molecule has 1 amide bonds. The topological polar surface area (TPSA) is 56.7 Å². The normalized spacial score (nSPS) is 21.9. The molecule has 0 radical (unpaired) electrons. The fourth-order valence-corrected chi connectivity index (χ4v) is 4.70. The van der Waals surface area contributed by atoms with E-state index in [4.69, 9.17) is 16.6 Å². The SMILES string of the molecule is CCc1ccccc1N1C(=O)C2CNNC2N=C1SCc1ccccc1Cl. The van der Waals surface area contributed by atoms with Gasteiger partial charge < -0.3 is 0 Å². The summed E-state index contributed by atoms with van der Waals surface area (Å²) in [5.41, 5.74) is 9.25. The number of thioether (sulfide) groups is 1. The molecule has 0 saturated carbocycles. The smallest absolute Gasteiger partial charge is 0.241 e. The van der Waals surface area contributed by atoms with E-state index in [0.29, 0.717) is 17.5 Å². The minimum atomic E-state index is -0.226. The van der Waals surface area contributed by atoms with Gasteiger partial charge in [0.15, 0.2) is 5.17 Å². The summed E-state index contributed by atoms with van der Waals surface area (Å²) in [4.78, 5) is 19.9. The molecule has 5 nitrogen and oxygen atoms in total. The zero-order valence-electron chi connectivity index (χ0n) is 15.0. The molecular formula is C20H21ClN4OS. The maximum atomic E-state index is 13.3. The predicted molar refractivity (Wildman–Crippen MR) is 112 cm³/mol. The Morgan fingerprint density at radius 2 is 1.93 bits per heavy atom. The first-order valence-electron chi connectivity index (χ1n) is 9.03. The Kier molecular flexibility index (Phi) is 5.50. The summed E-state index contributed by atoms with van der Waals surface area (Å²) < 4.78 is 0. The number of hydrogen-bond donors (Lipinski definition) is 2. The maximum absolute atomic E-state index is 13.3. The van der Waals surface area contributed by atoms with Crippen LogP contribution in [0.5, 0.6) is 0 Å². The number of aryl methyl sites for hydroxylation is 1. The van der Waals surface area contributed by atoms with E-state index in [9.17, 15) is 4.79 Å². The second kappa shape index (κ2) is 8.02. The Hall–Kier alpha value is -1.86. The number of amides is 1. The van der Waals surface area contributed by atoms with Crippen LogP contribution in [0.25, 0.3) is 0 Å². The van der Waals surface area contributed by atoms with Crippen molar-refractivity contribution in [3.63, 3.8) is 0 Å². The highest BCUT2D eigenvalue weighted by Crippen LogP contribution is 2.33. The van der Waals surface area contributed by atoms with Gasteiger partial charge in [-0.25, -0.2) is 10.4 Å². The second-order valence-corrected chi connectivity index (χ2v) is 7.87. The van der Waals surface area contributed by atoms with Crippen molar-refractivity contribution in [2.75, 3.05) is 11.4 Å². The van der Waals surface area contributed by atoms with Crippen LogP contribution in [0, 0.1) is 5.92 Å². The minimum absolute atomic E-state index is 0.0788. The van der Waals surface area contributed by atoms with Gasteiger partial charge in [0.25, 0.3) is 0 Å². The molecule has 27 heavy (non-hydrogen) atoms. The summed E-state index contributed by atoms with van der Waals surface area (Å²) in [6, 6.07) is 15.8. The molecule has 0 spiro atoms. The summed E-state index contributed by atoms with van der Waals surface area (Å²) in [6.07, 6.45) is 0.629. The number of hydrazine groups is 1. The average Bonchev–Trinajstić information content (AvgIpc) is 3.16. The lowest BCUT2D eigenvalue weighted by molar-refractivity contribution is -0.121. The summed E-state index contributed by atoms with van der Waals surface area (Å²) in [5, 5.41) is 1.44. The molecule has 1 saturated heterocycles. The molecule has 1 fully saturated rings. The summed E-state index contributed by atoms with van der Waals surface area (Å²) in [5.74, 6) is 0.538. The molecule has 2 N–H and O–H groups in total. The molecule has 2 aromatic carbocycles. The standard InChI is InChI=1S/C20H21ClN4OS/c1-2-13-7-4-6-10-17(13)25-19(26)15-11-22-24-18(15)23-20(25)27-12-14-8-3-5-9-16(14)21/h3-10,15,18,22,24H,2,11-12H2,1H3. The molecule has 2 aromatic rings. The molecule has 4 rings (SSSR count). The Labute approximate surface area is 168 Å². The van der Waals surface area contributed by atoms with Gasteiger partial charge >= 0.3 is 0 Å². The van der Waals surface area contributed by atoms with Crippen molar-refractivity contribution >= 4 is 40.1 Å². The molecule has 2 unspecified atom stereocenters. The van der Waals surface area contributed by atoms with Crippen molar-refractivity contribution < 1.29 is 4.79 Å². The molecule has 2 aliphatic rings. The Bertz CT molecular complexity index is 888. The van der Waals surface area contributed by atoms with Gasteiger partial charge in [-0.1, -0.05) is 66.7 Å². The van der Waals surface area contributed by atoms with Crippen molar-refractivity contribution in [2.45, 2.75) is 25.3 Å². The van der Waals surface area contributed by atoms with Crippen molar-refractivity contribution in [3.8, 4) is 0 Å². The molecule has 2 heterocycles. The third-order valence-electron chi connectivity index (χ3n) is 4.86. The van der Waals surface area contributed by atoms with E-state index in [0.717, 1.165) is 28.3 Å². The van der Waals surface area contributed by atoms with Gasteiger partial charge in [0.05, 0.1) is 11.6 Å². The lowest BCUT2D eigenvalue weighted by Crippen LogP contribution is -2.49. The number of halogens is 1. The predicted octanol–water partition coefficient (Wildman–Crippen LogP) is 3.59. The van der Waals surface area contributed by atoms with Gasteiger partial charge in [-0.2, -0.15) is 0 Å². The van der Waals surface area contributed by atoms with Gasteiger partial charge in [-0.05, 0) is 29.7 Å². The van der Waals surface area contributed by atoms with Crippen molar-refractivity contribution in [1.82, 2.24) is 10.9 Å². The van der Waals surface area contributed by atoms with Gasteiger partial charge in [0.2, 0.25) is 5.91 Å². The van der Waals surface area contributed by atoms with Gasteiger partial charge in [-0.3, -0.25) is 15.1 Å². The van der Waals surface area contributed by atoms with E-state index in [1.54, 1.807) is 16.7 Å². The minimum Gasteiger partial charge on any atom is -0.274 e. The number of aliphatic imine (C=N–C) groups is 1. The van der Waals surface area contributed by atoms with Gasteiger partial charge in [-0.15, -0.1) is 0 Å². The van der Waals surface area contributed by atoms with Crippen LogP contribution in [0.4, 0.5) is 5.69 Å². The highest BCUT2D eigenvalue weighted by Gasteiger charge is 2.42. The first-order valence-corrected chi connectivity index (χ1v) is 10.4. The monoisotopic (exact) mass is 400 g/mol. The van der Waals surface area contributed by atoms with E-state index in [1.165, 1.54) is 0 Å². The number of nitrogens with one attached hydrogen (secondary N) is 2. The van der Waals surface area contributed by atoms with Gasteiger partial charge in [0.1, 0.15) is 6.17 Å². The van der Waals surface area contributed by atoms with E-state index >= 15 is 0 Å². The first kappa shape index (κ1) is 18.5. The fourth-order valence-electron chi connectivity index (χ4n) is 3.38. The molecule has 0 aliphatic carbocycles. The molecule has 7 heteroatoms. The fraction of sp³-hybridized carbons (Fsp3) is 0.300. The number of anilines is 1. The molecule has 140 valence electrons.